The number of thiazole rings is 1. The Kier molecular flexibility index (Phi) is 3.59. The minimum absolute atomic E-state index is 0.215. The minimum atomic E-state index is -0.215. The Morgan fingerprint density at radius 3 is 2.33 bits per heavy atom. The van der Waals surface area contributed by atoms with E-state index in [0.717, 1.165) is 16.9 Å². The molecule has 118 valence electrons. The molecule has 0 spiro atoms. The maximum absolute atomic E-state index is 12.8. The summed E-state index contributed by atoms with van der Waals surface area (Å²) in [6.07, 6.45) is 0. The molecule has 4 aromatic rings. The van der Waals surface area contributed by atoms with E-state index in [2.05, 4.69) is 10.1 Å². The van der Waals surface area contributed by atoms with Crippen LogP contribution in [0.5, 0.6) is 0 Å². The SMILES string of the molecule is Cc1nn(-c2ccccc2)c(=O)n1-c1nc(-c2ccccc2)cs1. The standard InChI is InChI=1S/C18H14N4OS/c1-13-20-22(15-10-6-3-7-11-15)18(23)21(13)17-19-16(12-24-17)14-8-4-2-5-9-14/h2-12H,1H3. The molecule has 0 fully saturated rings. The van der Waals surface area contributed by atoms with E-state index in [1.165, 1.54) is 16.0 Å². The predicted molar refractivity (Wildman–Crippen MR) is 95.0 cm³/mol. The summed E-state index contributed by atoms with van der Waals surface area (Å²) in [7, 11) is 0. The summed E-state index contributed by atoms with van der Waals surface area (Å²) in [4.78, 5) is 17.4. The largest absolute Gasteiger partial charge is 0.357 e. The molecule has 6 heteroatoms. The van der Waals surface area contributed by atoms with Crippen molar-refractivity contribution in [1.82, 2.24) is 19.3 Å². The van der Waals surface area contributed by atoms with Crippen LogP contribution in [0.2, 0.25) is 0 Å². The van der Waals surface area contributed by atoms with Gasteiger partial charge < -0.3 is 0 Å². The van der Waals surface area contributed by atoms with Crippen LogP contribution in [0.15, 0.2) is 70.8 Å². The van der Waals surface area contributed by atoms with E-state index in [-0.39, 0.29) is 5.69 Å². The first-order valence-electron chi connectivity index (χ1n) is 7.49. The smallest absolute Gasteiger partial charge is 0.245 e. The molecule has 0 atom stereocenters. The molecular formula is C18H14N4OS. The van der Waals surface area contributed by atoms with Crippen molar-refractivity contribution in [1.29, 1.82) is 0 Å². The highest BCUT2D eigenvalue weighted by Crippen LogP contribution is 2.23. The van der Waals surface area contributed by atoms with E-state index in [1.807, 2.05) is 73.0 Å². The third-order valence-electron chi connectivity index (χ3n) is 3.69. The van der Waals surface area contributed by atoms with Crippen molar-refractivity contribution in [2.24, 2.45) is 0 Å². The molecule has 0 saturated heterocycles. The molecule has 2 heterocycles. The third-order valence-corrected chi connectivity index (χ3v) is 4.52. The van der Waals surface area contributed by atoms with Crippen molar-refractivity contribution in [2.75, 3.05) is 0 Å². The predicted octanol–water partition coefficient (Wildman–Crippen LogP) is 3.46. The average molecular weight is 334 g/mol. The molecule has 0 bridgehead atoms. The highest BCUT2D eigenvalue weighted by molar-refractivity contribution is 7.12. The van der Waals surface area contributed by atoms with Gasteiger partial charge in [0.15, 0.2) is 5.13 Å². The van der Waals surface area contributed by atoms with E-state index >= 15 is 0 Å². The zero-order valence-electron chi connectivity index (χ0n) is 13.0. The Morgan fingerprint density at radius 2 is 1.62 bits per heavy atom. The highest BCUT2D eigenvalue weighted by Gasteiger charge is 2.16. The number of aromatic nitrogens is 4. The minimum Gasteiger partial charge on any atom is -0.245 e. The molecule has 0 radical (unpaired) electrons. The van der Waals surface area contributed by atoms with Crippen molar-refractivity contribution >= 4 is 11.3 Å². The zero-order chi connectivity index (χ0) is 16.5. The van der Waals surface area contributed by atoms with Crippen molar-refractivity contribution in [3.8, 4) is 22.1 Å². The quantitative estimate of drug-likeness (QED) is 0.576. The summed E-state index contributed by atoms with van der Waals surface area (Å²) < 4.78 is 2.95. The molecule has 0 saturated carbocycles. The number of hydrogen-bond acceptors (Lipinski definition) is 4. The van der Waals surface area contributed by atoms with Gasteiger partial charge in [0.05, 0.1) is 11.4 Å². The van der Waals surface area contributed by atoms with Crippen LogP contribution >= 0.6 is 11.3 Å². The summed E-state index contributed by atoms with van der Waals surface area (Å²) in [5.74, 6) is 0.609. The van der Waals surface area contributed by atoms with Gasteiger partial charge in [-0.15, -0.1) is 16.4 Å². The van der Waals surface area contributed by atoms with Crippen molar-refractivity contribution < 1.29 is 0 Å². The second-order valence-electron chi connectivity index (χ2n) is 5.29. The molecule has 0 aliphatic rings. The van der Waals surface area contributed by atoms with E-state index in [4.69, 9.17) is 0 Å². The fourth-order valence-electron chi connectivity index (χ4n) is 2.53. The van der Waals surface area contributed by atoms with Gasteiger partial charge in [0.1, 0.15) is 5.82 Å². The summed E-state index contributed by atoms with van der Waals surface area (Å²) in [6, 6.07) is 19.3. The molecule has 24 heavy (non-hydrogen) atoms. The van der Waals surface area contributed by atoms with Crippen LogP contribution in [0.25, 0.3) is 22.1 Å². The molecule has 5 nitrogen and oxygen atoms in total. The summed E-state index contributed by atoms with van der Waals surface area (Å²) in [6.45, 7) is 1.81. The normalized spacial score (nSPS) is 10.9. The first-order valence-corrected chi connectivity index (χ1v) is 8.37. The van der Waals surface area contributed by atoms with Crippen molar-refractivity contribution in [3.63, 3.8) is 0 Å². The fourth-order valence-corrected chi connectivity index (χ4v) is 3.40. The van der Waals surface area contributed by atoms with Gasteiger partial charge in [-0.2, -0.15) is 4.68 Å². The van der Waals surface area contributed by atoms with E-state index < -0.39 is 0 Å². The van der Waals surface area contributed by atoms with E-state index in [1.54, 1.807) is 4.57 Å². The Bertz CT molecular complexity index is 1030. The molecule has 4 rings (SSSR count). The van der Waals surface area contributed by atoms with Gasteiger partial charge in [-0.05, 0) is 19.1 Å². The number of aryl methyl sites for hydroxylation is 1. The topological polar surface area (TPSA) is 52.7 Å². The van der Waals surface area contributed by atoms with Crippen LogP contribution < -0.4 is 5.69 Å². The zero-order valence-corrected chi connectivity index (χ0v) is 13.8. The number of hydrogen-bond donors (Lipinski definition) is 0. The van der Waals surface area contributed by atoms with Gasteiger partial charge in [-0.25, -0.2) is 14.3 Å². The molecule has 0 unspecified atom stereocenters. The lowest BCUT2D eigenvalue weighted by Gasteiger charge is -1.98. The monoisotopic (exact) mass is 334 g/mol. The van der Waals surface area contributed by atoms with Crippen LogP contribution in [-0.4, -0.2) is 19.3 Å². The number of benzene rings is 2. The van der Waals surface area contributed by atoms with Crippen LogP contribution in [0.3, 0.4) is 0 Å². The first kappa shape index (κ1) is 14.6. The summed E-state index contributed by atoms with van der Waals surface area (Å²) >= 11 is 1.43. The van der Waals surface area contributed by atoms with Gasteiger partial charge in [0.2, 0.25) is 0 Å². The molecule has 2 aromatic heterocycles. The Morgan fingerprint density at radius 1 is 0.958 bits per heavy atom. The molecule has 0 amide bonds. The average Bonchev–Trinajstić information content (AvgIpc) is 3.21. The lowest BCUT2D eigenvalue weighted by Crippen LogP contribution is -2.22. The molecule has 0 aliphatic heterocycles. The number of para-hydroxylation sites is 1. The van der Waals surface area contributed by atoms with Crippen molar-refractivity contribution in [3.05, 3.63) is 82.4 Å². The molecular weight excluding hydrogens is 320 g/mol. The van der Waals surface area contributed by atoms with Gasteiger partial charge in [0.25, 0.3) is 0 Å². The molecule has 0 aliphatic carbocycles. The Balaban J connectivity index is 1.80. The lowest BCUT2D eigenvalue weighted by molar-refractivity contribution is 0.826. The summed E-state index contributed by atoms with van der Waals surface area (Å²) in [5, 5.41) is 6.95. The van der Waals surface area contributed by atoms with Crippen molar-refractivity contribution in [2.45, 2.75) is 6.92 Å². The van der Waals surface area contributed by atoms with E-state index in [0.29, 0.717) is 11.0 Å². The fraction of sp³-hybridized carbons (Fsp3) is 0.0556. The van der Waals surface area contributed by atoms with Gasteiger partial charge in [-0.1, -0.05) is 48.5 Å². The van der Waals surface area contributed by atoms with Gasteiger partial charge in [0, 0.05) is 10.9 Å². The lowest BCUT2D eigenvalue weighted by atomic mass is 10.2. The van der Waals surface area contributed by atoms with Gasteiger partial charge in [-0.3, -0.25) is 0 Å². The maximum atomic E-state index is 12.8. The maximum Gasteiger partial charge on any atom is 0.357 e. The molecule has 2 aromatic carbocycles. The number of nitrogens with zero attached hydrogens (tertiary/aromatic N) is 4. The van der Waals surface area contributed by atoms with Crippen LogP contribution in [0.4, 0.5) is 0 Å². The first-order chi connectivity index (χ1) is 11.7. The number of rotatable bonds is 3. The van der Waals surface area contributed by atoms with E-state index in [9.17, 15) is 4.79 Å². The second-order valence-corrected chi connectivity index (χ2v) is 6.13. The van der Waals surface area contributed by atoms with Crippen LogP contribution in [0.1, 0.15) is 5.82 Å². The summed E-state index contributed by atoms with van der Waals surface area (Å²) in [5.41, 5.74) is 2.41. The third kappa shape index (κ3) is 2.47. The Labute approximate surface area is 142 Å². The molecule has 0 N–H and O–H groups in total. The van der Waals surface area contributed by atoms with Gasteiger partial charge >= 0.3 is 5.69 Å². The second kappa shape index (κ2) is 5.90. The van der Waals surface area contributed by atoms with Crippen LogP contribution in [-0.2, 0) is 0 Å². The van der Waals surface area contributed by atoms with Crippen LogP contribution in [0, 0.1) is 6.92 Å². The Hall–Kier alpha value is -2.99. The highest BCUT2D eigenvalue weighted by atomic mass is 32.1.